The monoisotopic (exact) mass is 419 g/mol. The number of rotatable bonds is 6. The number of methoxy groups -OCH3 is 1. The van der Waals surface area contributed by atoms with Gasteiger partial charge in [0.2, 0.25) is 0 Å². The number of carbonyl (C=O) groups excluding carboxylic acids is 2. The number of hydrogen-bond donors (Lipinski definition) is 1. The molecule has 2 amide bonds. The van der Waals surface area contributed by atoms with Crippen molar-refractivity contribution in [2.45, 2.75) is 25.2 Å². The van der Waals surface area contributed by atoms with Gasteiger partial charge in [0, 0.05) is 17.7 Å². The van der Waals surface area contributed by atoms with Gasteiger partial charge in [-0.05, 0) is 24.6 Å². The third-order valence-corrected chi connectivity index (χ3v) is 4.60. The molecule has 30 heavy (non-hydrogen) atoms. The van der Waals surface area contributed by atoms with Crippen LogP contribution in [0.5, 0.6) is 5.75 Å². The Balaban J connectivity index is 2.08. The molecule has 6 nitrogen and oxygen atoms in total. The van der Waals surface area contributed by atoms with Gasteiger partial charge in [0.25, 0.3) is 11.8 Å². The summed E-state index contributed by atoms with van der Waals surface area (Å²) in [7, 11) is 1.37. The summed E-state index contributed by atoms with van der Waals surface area (Å²) < 4.78 is 47.6. The van der Waals surface area contributed by atoms with Crippen LogP contribution in [0, 0.1) is 0 Å². The quantitative estimate of drug-likeness (QED) is 0.780. The Morgan fingerprint density at radius 1 is 1.17 bits per heavy atom. The number of alkyl halides is 3. The predicted molar refractivity (Wildman–Crippen MR) is 104 cm³/mol. The summed E-state index contributed by atoms with van der Waals surface area (Å²) in [6.45, 7) is 1.76. The van der Waals surface area contributed by atoms with E-state index in [1.165, 1.54) is 25.3 Å². The first-order valence-corrected chi connectivity index (χ1v) is 9.24. The van der Waals surface area contributed by atoms with Gasteiger partial charge >= 0.3 is 11.8 Å². The fourth-order valence-electron chi connectivity index (χ4n) is 3.13. The fraction of sp³-hybridized carbons (Fsp3) is 0.286. The van der Waals surface area contributed by atoms with E-state index in [-0.39, 0.29) is 17.9 Å². The average Bonchev–Trinajstić information content (AvgIpc) is 3.02. The highest BCUT2D eigenvalue weighted by molar-refractivity contribution is 6.16. The van der Waals surface area contributed by atoms with Gasteiger partial charge in [0.15, 0.2) is 0 Å². The molecule has 0 saturated heterocycles. The highest BCUT2D eigenvalue weighted by atomic mass is 19.4. The van der Waals surface area contributed by atoms with Crippen LogP contribution in [-0.4, -0.2) is 48.0 Å². The molecule has 0 radical (unpaired) electrons. The Bertz CT molecular complexity index is 976. The summed E-state index contributed by atoms with van der Waals surface area (Å²) in [5.74, 6) is -2.27. The van der Waals surface area contributed by atoms with E-state index in [0.29, 0.717) is 17.7 Å². The van der Waals surface area contributed by atoms with Gasteiger partial charge in [-0.25, -0.2) is 4.99 Å². The standard InChI is InChI=1S/C21H20F3N3O3/c1-3-12-27-17(14-8-5-4-6-9-14)25-20(19(27)29,21(22,23)24)26-18(28)15-10-7-11-16(13-15)30-2/h4-11,13H,3,12H2,1-2H3,(H,26,28)/t20-/m0/s1. The van der Waals surface area contributed by atoms with Crippen LogP contribution in [0.4, 0.5) is 13.2 Å². The molecule has 0 aliphatic carbocycles. The second-order valence-corrected chi connectivity index (χ2v) is 6.65. The number of halogens is 3. The van der Waals surface area contributed by atoms with E-state index in [4.69, 9.17) is 4.74 Å². The first-order chi connectivity index (χ1) is 14.2. The van der Waals surface area contributed by atoms with Crippen molar-refractivity contribution in [3.05, 3.63) is 65.7 Å². The van der Waals surface area contributed by atoms with Gasteiger partial charge in [-0.15, -0.1) is 0 Å². The van der Waals surface area contributed by atoms with E-state index in [9.17, 15) is 22.8 Å². The molecular weight excluding hydrogens is 399 g/mol. The maximum Gasteiger partial charge on any atom is 0.442 e. The molecule has 0 bridgehead atoms. The number of ether oxygens (including phenoxy) is 1. The molecule has 2 aromatic rings. The Morgan fingerprint density at radius 3 is 2.47 bits per heavy atom. The highest BCUT2D eigenvalue weighted by Gasteiger charge is 2.67. The number of aliphatic imine (C=N–C) groups is 1. The number of benzene rings is 2. The second-order valence-electron chi connectivity index (χ2n) is 6.65. The predicted octanol–water partition coefficient (Wildman–Crippen LogP) is 3.38. The van der Waals surface area contributed by atoms with Crippen LogP contribution in [-0.2, 0) is 4.79 Å². The maximum absolute atomic E-state index is 14.2. The summed E-state index contributed by atoms with van der Waals surface area (Å²) >= 11 is 0. The molecular formula is C21H20F3N3O3. The lowest BCUT2D eigenvalue weighted by molar-refractivity contribution is -0.196. The van der Waals surface area contributed by atoms with Crippen LogP contribution in [0.3, 0.4) is 0 Å². The summed E-state index contributed by atoms with van der Waals surface area (Å²) in [5.41, 5.74) is -3.15. The van der Waals surface area contributed by atoms with Gasteiger partial charge < -0.3 is 10.1 Å². The molecule has 2 aromatic carbocycles. The van der Waals surface area contributed by atoms with E-state index in [1.54, 1.807) is 43.3 Å². The third-order valence-electron chi connectivity index (χ3n) is 4.60. The van der Waals surface area contributed by atoms with Gasteiger partial charge in [-0.2, -0.15) is 13.2 Å². The third kappa shape index (κ3) is 3.74. The molecule has 1 atom stereocenters. The molecule has 0 aromatic heterocycles. The molecule has 1 aliphatic heterocycles. The smallest absolute Gasteiger partial charge is 0.442 e. The highest BCUT2D eigenvalue weighted by Crippen LogP contribution is 2.38. The molecule has 0 spiro atoms. The zero-order valence-corrected chi connectivity index (χ0v) is 16.4. The number of carbonyl (C=O) groups is 2. The zero-order valence-electron chi connectivity index (χ0n) is 16.4. The van der Waals surface area contributed by atoms with E-state index in [1.807, 2.05) is 5.32 Å². The minimum absolute atomic E-state index is 0.0272. The van der Waals surface area contributed by atoms with Crippen molar-refractivity contribution >= 4 is 17.6 Å². The number of amidine groups is 1. The Morgan fingerprint density at radius 2 is 1.87 bits per heavy atom. The Labute approximate surface area is 171 Å². The Hall–Kier alpha value is -3.36. The fourth-order valence-corrected chi connectivity index (χ4v) is 3.13. The Kier molecular flexibility index (Phi) is 5.82. The average molecular weight is 419 g/mol. The van der Waals surface area contributed by atoms with Crippen LogP contribution in [0.2, 0.25) is 0 Å². The van der Waals surface area contributed by atoms with Crippen LogP contribution in [0.25, 0.3) is 0 Å². The zero-order chi connectivity index (χ0) is 21.9. The van der Waals surface area contributed by atoms with Crippen molar-refractivity contribution < 1.29 is 27.5 Å². The molecule has 9 heteroatoms. The summed E-state index contributed by atoms with van der Waals surface area (Å²) in [6.07, 6.45) is -4.74. The molecule has 0 saturated carbocycles. The topological polar surface area (TPSA) is 71.0 Å². The molecule has 3 rings (SSSR count). The van der Waals surface area contributed by atoms with Crippen LogP contribution in [0.15, 0.2) is 59.6 Å². The number of hydrogen-bond acceptors (Lipinski definition) is 4. The van der Waals surface area contributed by atoms with Gasteiger partial charge in [0.1, 0.15) is 11.6 Å². The van der Waals surface area contributed by atoms with E-state index in [0.717, 1.165) is 4.90 Å². The summed E-state index contributed by atoms with van der Waals surface area (Å²) in [4.78, 5) is 30.4. The second kappa shape index (κ2) is 8.17. The lowest BCUT2D eigenvalue weighted by atomic mass is 10.1. The molecule has 0 fully saturated rings. The molecule has 1 heterocycles. The normalized spacial score (nSPS) is 18.9. The SMILES string of the molecule is CCCN1C(=O)[C@](NC(=O)c2cccc(OC)c2)(C(F)(F)F)N=C1c1ccccc1. The van der Waals surface area contributed by atoms with Gasteiger partial charge in [-0.3, -0.25) is 14.5 Å². The lowest BCUT2D eigenvalue weighted by Crippen LogP contribution is -2.63. The van der Waals surface area contributed by atoms with Gasteiger partial charge in [0.05, 0.1) is 7.11 Å². The molecule has 158 valence electrons. The van der Waals surface area contributed by atoms with Crippen molar-refractivity contribution in [1.82, 2.24) is 10.2 Å². The molecule has 1 N–H and O–H groups in total. The first kappa shape index (κ1) is 21.4. The van der Waals surface area contributed by atoms with Crippen molar-refractivity contribution in [3.8, 4) is 5.75 Å². The minimum atomic E-state index is -5.15. The van der Waals surface area contributed by atoms with Crippen LogP contribution in [0.1, 0.15) is 29.3 Å². The summed E-state index contributed by atoms with van der Waals surface area (Å²) in [6, 6.07) is 13.7. The molecule has 1 aliphatic rings. The van der Waals surface area contributed by atoms with Crippen LogP contribution < -0.4 is 10.1 Å². The van der Waals surface area contributed by atoms with Crippen molar-refractivity contribution in [1.29, 1.82) is 0 Å². The van der Waals surface area contributed by atoms with Crippen molar-refractivity contribution in [2.75, 3.05) is 13.7 Å². The van der Waals surface area contributed by atoms with Gasteiger partial charge in [-0.1, -0.05) is 43.3 Å². The maximum atomic E-state index is 14.2. The van der Waals surface area contributed by atoms with Crippen LogP contribution >= 0.6 is 0 Å². The lowest BCUT2D eigenvalue weighted by Gasteiger charge is -2.29. The van der Waals surface area contributed by atoms with E-state index >= 15 is 0 Å². The minimum Gasteiger partial charge on any atom is -0.497 e. The summed E-state index contributed by atoms with van der Waals surface area (Å²) in [5, 5.41) is 1.84. The van der Waals surface area contributed by atoms with Crippen molar-refractivity contribution in [3.63, 3.8) is 0 Å². The molecule has 0 unspecified atom stereocenters. The van der Waals surface area contributed by atoms with E-state index in [2.05, 4.69) is 4.99 Å². The number of nitrogens with one attached hydrogen (secondary N) is 1. The number of nitrogens with zero attached hydrogens (tertiary/aromatic N) is 2. The van der Waals surface area contributed by atoms with E-state index < -0.39 is 23.7 Å². The first-order valence-electron chi connectivity index (χ1n) is 9.24. The largest absolute Gasteiger partial charge is 0.497 e. The van der Waals surface area contributed by atoms with Crippen molar-refractivity contribution in [2.24, 2.45) is 4.99 Å². The number of amides is 2.